The summed E-state index contributed by atoms with van der Waals surface area (Å²) in [5.74, 6) is 1.17. The number of nitrogens with one attached hydrogen (secondary N) is 1. The van der Waals surface area contributed by atoms with E-state index in [1.165, 1.54) is 0 Å². The number of amides is 1. The number of fused-ring (bicyclic) bond motifs is 3. The SMILES string of the molecule is CC1C[C@H](c2nnc3cnc4[nH]ccc4n23)CN(C(=O)CC#N)C1. The Kier molecular flexibility index (Phi) is 3.41. The van der Waals surface area contributed by atoms with Crippen molar-refractivity contribution in [2.45, 2.75) is 25.7 Å². The number of hydrogen-bond acceptors (Lipinski definition) is 5. The molecule has 1 N–H and O–H groups in total. The minimum atomic E-state index is -0.115. The number of aromatic amines is 1. The summed E-state index contributed by atoms with van der Waals surface area (Å²) in [5.41, 5.74) is 2.41. The van der Waals surface area contributed by atoms with E-state index in [9.17, 15) is 4.79 Å². The first-order valence-electron chi connectivity index (χ1n) is 7.99. The second kappa shape index (κ2) is 5.60. The lowest BCUT2D eigenvalue weighted by Gasteiger charge is -2.35. The maximum absolute atomic E-state index is 12.1. The van der Waals surface area contributed by atoms with Gasteiger partial charge in [-0.2, -0.15) is 5.26 Å². The van der Waals surface area contributed by atoms with Crippen LogP contribution in [0.3, 0.4) is 0 Å². The zero-order chi connectivity index (χ0) is 16.7. The quantitative estimate of drug-likeness (QED) is 0.769. The van der Waals surface area contributed by atoms with Gasteiger partial charge in [-0.1, -0.05) is 6.92 Å². The molecule has 4 rings (SSSR count). The standard InChI is InChI=1S/C16H17N7O/c1-10-6-11(9-22(8-10)14(24)2-4-17)16-21-20-13-7-19-15-12(23(13)16)3-5-18-15/h3,5,7,10-11,18H,2,6,8-9H2,1H3/t10?,11-/m0/s1. The molecule has 1 unspecified atom stereocenters. The van der Waals surface area contributed by atoms with E-state index in [0.717, 1.165) is 23.4 Å². The van der Waals surface area contributed by atoms with Crippen LogP contribution in [0.5, 0.6) is 0 Å². The number of rotatable bonds is 2. The van der Waals surface area contributed by atoms with Gasteiger partial charge in [-0.15, -0.1) is 10.2 Å². The van der Waals surface area contributed by atoms with Crippen LogP contribution in [0.15, 0.2) is 18.5 Å². The molecule has 1 amide bonds. The van der Waals surface area contributed by atoms with Crippen molar-refractivity contribution >= 4 is 22.7 Å². The maximum Gasteiger partial charge on any atom is 0.236 e. The Balaban J connectivity index is 1.75. The predicted octanol–water partition coefficient (Wildman–Crippen LogP) is 1.47. The van der Waals surface area contributed by atoms with Crippen molar-refractivity contribution in [3.8, 4) is 6.07 Å². The van der Waals surface area contributed by atoms with Crippen molar-refractivity contribution < 1.29 is 4.79 Å². The first-order valence-corrected chi connectivity index (χ1v) is 7.99. The van der Waals surface area contributed by atoms with Crippen molar-refractivity contribution in [1.82, 2.24) is 29.5 Å². The maximum atomic E-state index is 12.1. The summed E-state index contributed by atoms with van der Waals surface area (Å²) in [6.45, 7) is 3.38. The monoisotopic (exact) mass is 323 g/mol. The molecule has 1 aliphatic rings. The fourth-order valence-electron chi connectivity index (χ4n) is 3.58. The molecule has 1 aliphatic heterocycles. The molecule has 122 valence electrons. The highest BCUT2D eigenvalue weighted by Crippen LogP contribution is 2.30. The third kappa shape index (κ3) is 2.29. The van der Waals surface area contributed by atoms with Crippen LogP contribution >= 0.6 is 0 Å². The zero-order valence-electron chi connectivity index (χ0n) is 13.3. The number of hydrogen-bond donors (Lipinski definition) is 1. The highest BCUT2D eigenvalue weighted by Gasteiger charge is 2.31. The Labute approximate surface area is 138 Å². The third-order valence-electron chi connectivity index (χ3n) is 4.57. The molecule has 8 heteroatoms. The van der Waals surface area contributed by atoms with E-state index in [-0.39, 0.29) is 18.2 Å². The number of likely N-dealkylation sites (tertiary alicyclic amines) is 1. The van der Waals surface area contributed by atoms with E-state index in [2.05, 4.69) is 27.1 Å². The molecular weight excluding hydrogens is 306 g/mol. The molecule has 1 saturated heterocycles. The van der Waals surface area contributed by atoms with Gasteiger partial charge in [0.05, 0.1) is 17.8 Å². The number of carbonyl (C=O) groups excluding carboxylic acids is 1. The highest BCUT2D eigenvalue weighted by atomic mass is 16.2. The van der Waals surface area contributed by atoms with Gasteiger partial charge in [0.15, 0.2) is 11.3 Å². The summed E-state index contributed by atoms with van der Waals surface area (Å²) in [6, 6.07) is 3.89. The van der Waals surface area contributed by atoms with Gasteiger partial charge in [-0.05, 0) is 18.4 Å². The fourth-order valence-corrected chi connectivity index (χ4v) is 3.58. The summed E-state index contributed by atoms with van der Waals surface area (Å²) in [5, 5.41) is 17.4. The van der Waals surface area contributed by atoms with Gasteiger partial charge >= 0.3 is 0 Å². The summed E-state index contributed by atoms with van der Waals surface area (Å²) in [6.07, 6.45) is 4.39. The highest BCUT2D eigenvalue weighted by molar-refractivity contribution is 5.78. The second-order valence-corrected chi connectivity index (χ2v) is 6.39. The smallest absolute Gasteiger partial charge is 0.236 e. The Bertz CT molecular complexity index is 950. The van der Waals surface area contributed by atoms with Crippen LogP contribution < -0.4 is 0 Å². The van der Waals surface area contributed by atoms with Gasteiger partial charge in [-0.25, -0.2) is 4.98 Å². The van der Waals surface area contributed by atoms with E-state index in [1.54, 1.807) is 11.1 Å². The lowest BCUT2D eigenvalue weighted by molar-refractivity contribution is -0.132. The van der Waals surface area contributed by atoms with Crippen LogP contribution in [0.1, 0.15) is 31.5 Å². The van der Waals surface area contributed by atoms with E-state index >= 15 is 0 Å². The summed E-state index contributed by atoms with van der Waals surface area (Å²) >= 11 is 0. The molecule has 24 heavy (non-hydrogen) atoms. The van der Waals surface area contributed by atoms with Gasteiger partial charge < -0.3 is 9.88 Å². The summed E-state index contributed by atoms with van der Waals surface area (Å²) < 4.78 is 2.01. The van der Waals surface area contributed by atoms with Gasteiger partial charge in [0.2, 0.25) is 5.91 Å². The molecule has 0 aromatic carbocycles. The molecule has 1 fully saturated rings. The Morgan fingerprint density at radius 1 is 1.46 bits per heavy atom. The minimum Gasteiger partial charge on any atom is -0.345 e. The van der Waals surface area contributed by atoms with Crippen LogP contribution in [-0.4, -0.2) is 48.5 Å². The lowest BCUT2D eigenvalue weighted by atomic mass is 9.89. The van der Waals surface area contributed by atoms with Crippen LogP contribution in [0, 0.1) is 17.2 Å². The molecule has 3 aromatic rings. The van der Waals surface area contributed by atoms with Crippen molar-refractivity contribution in [2.75, 3.05) is 13.1 Å². The van der Waals surface area contributed by atoms with Crippen LogP contribution in [0.4, 0.5) is 0 Å². The van der Waals surface area contributed by atoms with Crippen molar-refractivity contribution in [1.29, 1.82) is 5.26 Å². The number of carbonyl (C=O) groups is 1. The van der Waals surface area contributed by atoms with Crippen molar-refractivity contribution in [2.24, 2.45) is 5.92 Å². The fraction of sp³-hybridized carbons (Fsp3) is 0.438. The minimum absolute atomic E-state index is 0.0774. The lowest BCUT2D eigenvalue weighted by Crippen LogP contribution is -2.42. The Hall–Kier alpha value is -2.95. The van der Waals surface area contributed by atoms with Gasteiger partial charge in [-0.3, -0.25) is 9.20 Å². The van der Waals surface area contributed by atoms with Crippen molar-refractivity contribution in [3.05, 3.63) is 24.3 Å². The summed E-state index contributed by atoms with van der Waals surface area (Å²) in [7, 11) is 0. The predicted molar refractivity (Wildman–Crippen MR) is 86.0 cm³/mol. The van der Waals surface area contributed by atoms with Crippen LogP contribution in [0.25, 0.3) is 16.8 Å². The number of aromatic nitrogens is 5. The van der Waals surface area contributed by atoms with Gasteiger partial charge in [0.25, 0.3) is 0 Å². The Morgan fingerprint density at radius 2 is 2.33 bits per heavy atom. The van der Waals surface area contributed by atoms with Gasteiger partial charge in [0.1, 0.15) is 12.2 Å². The van der Waals surface area contributed by atoms with Crippen molar-refractivity contribution in [3.63, 3.8) is 0 Å². The van der Waals surface area contributed by atoms with Crippen LogP contribution in [-0.2, 0) is 4.79 Å². The molecular formula is C16H17N7O. The molecule has 2 atom stereocenters. The number of nitrogens with zero attached hydrogens (tertiary/aromatic N) is 6. The molecule has 3 aromatic heterocycles. The number of H-pyrrole nitrogens is 1. The van der Waals surface area contributed by atoms with E-state index in [4.69, 9.17) is 5.26 Å². The Morgan fingerprint density at radius 3 is 3.17 bits per heavy atom. The molecule has 0 saturated carbocycles. The normalized spacial score (nSPS) is 21.2. The molecule has 4 heterocycles. The molecule has 0 radical (unpaired) electrons. The zero-order valence-corrected chi connectivity index (χ0v) is 13.3. The summed E-state index contributed by atoms with van der Waals surface area (Å²) in [4.78, 5) is 21.3. The van der Waals surface area contributed by atoms with E-state index < -0.39 is 0 Å². The van der Waals surface area contributed by atoms with E-state index in [0.29, 0.717) is 24.7 Å². The second-order valence-electron chi connectivity index (χ2n) is 6.39. The first-order chi connectivity index (χ1) is 11.7. The average Bonchev–Trinajstić information content (AvgIpc) is 3.20. The first kappa shape index (κ1) is 14.6. The number of nitriles is 1. The largest absolute Gasteiger partial charge is 0.345 e. The molecule has 0 aliphatic carbocycles. The van der Waals surface area contributed by atoms with Crippen LogP contribution in [0.2, 0.25) is 0 Å². The number of piperidine rings is 1. The van der Waals surface area contributed by atoms with E-state index in [1.807, 2.05) is 22.7 Å². The molecule has 0 bridgehead atoms. The third-order valence-corrected chi connectivity index (χ3v) is 4.57. The molecule has 8 nitrogen and oxygen atoms in total. The van der Waals surface area contributed by atoms with Gasteiger partial charge in [0, 0.05) is 25.2 Å². The average molecular weight is 323 g/mol. The molecule has 0 spiro atoms. The topological polar surface area (TPSA) is 103 Å².